The predicted octanol–water partition coefficient (Wildman–Crippen LogP) is 11.8. The molecule has 239 valence electrons. The number of hydrogen-bond donors (Lipinski definition) is 0. The van der Waals surface area contributed by atoms with Crippen LogP contribution in [-0.4, -0.2) is 5.92 Å². The van der Waals surface area contributed by atoms with Crippen molar-refractivity contribution in [2.24, 2.45) is 0 Å². The first kappa shape index (κ1) is 32.7. The predicted molar refractivity (Wildman–Crippen MR) is 206 cm³/mol. The topological polar surface area (TPSA) is 0 Å². The Labute approximate surface area is 292 Å². The molecule has 0 bridgehead atoms. The Morgan fingerprint density at radius 2 is 1.38 bits per heavy atom. The quantitative estimate of drug-likeness (QED) is 0.151. The molecule has 0 saturated carbocycles. The molecule has 5 aromatic rings. The second-order valence-corrected chi connectivity index (χ2v) is 35.9. The Morgan fingerprint density at radius 3 is 2.11 bits per heavy atom. The number of fused-ring (bicyclic) bond motifs is 5. The first-order chi connectivity index (χ1) is 22.4. The summed E-state index contributed by atoms with van der Waals surface area (Å²) in [6, 6.07) is 35.8. The van der Waals surface area contributed by atoms with Crippen LogP contribution in [0.15, 0.2) is 96.6 Å². The van der Waals surface area contributed by atoms with Crippen LogP contribution in [0.1, 0.15) is 98.3 Å². The summed E-state index contributed by atoms with van der Waals surface area (Å²) in [5.74, 6) is -1.01. The van der Waals surface area contributed by atoms with E-state index in [-0.39, 0.29) is 10.8 Å². The van der Waals surface area contributed by atoms with E-state index < -0.39 is 26.8 Å². The Hall–Kier alpha value is -2.80. The van der Waals surface area contributed by atoms with E-state index in [0.29, 0.717) is 3.63 Å². The minimum atomic E-state index is -2.29. The zero-order valence-corrected chi connectivity index (χ0v) is 33.6. The van der Waals surface area contributed by atoms with Crippen molar-refractivity contribution in [1.82, 2.24) is 0 Å². The molecular formula is C45H51SiZr. The van der Waals surface area contributed by atoms with Crippen molar-refractivity contribution in [2.45, 2.75) is 95.3 Å². The van der Waals surface area contributed by atoms with E-state index in [0.717, 1.165) is 6.42 Å². The number of allylic oxidation sites excluding steroid dienone is 1. The molecule has 5 aromatic carbocycles. The second kappa shape index (κ2) is 12.3. The zero-order chi connectivity index (χ0) is 33.2. The maximum atomic E-state index is 2.74. The number of hydrogen-bond acceptors (Lipinski definition) is 0. The molecule has 0 aliphatic heterocycles. The molecular weight excluding hydrogens is 660 g/mol. The van der Waals surface area contributed by atoms with E-state index in [9.17, 15) is 0 Å². The van der Waals surface area contributed by atoms with Crippen LogP contribution in [0.25, 0.3) is 39.1 Å². The summed E-state index contributed by atoms with van der Waals surface area (Å²) in [6.07, 6.45) is 6.17. The summed E-state index contributed by atoms with van der Waals surface area (Å²) in [5, 5.41) is 2.68. The summed E-state index contributed by atoms with van der Waals surface area (Å²) in [6.45, 7) is 22.1. The van der Waals surface area contributed by atoms with Crippen molar-refractivity contribution in [3.63, 3.8) is 0 Å². The molecule has 0 fully saturated rings. The summed E-state index contributed by atoms with van der Waals surface area (Å²) >= 11 is -2.29. The van der Waals surface area contributed by atoms with Crippen LogP contribution < -0.4 is 3.27 Å². The SMILES string of the molecule is CCCC1=Cc2c(-c3cccc4ccccc34)cccc2[CH]1[Zr]([c]1cc(C(C)(C)C)cc2c1Cc1ccc(C(C)(C)C)cc1-2)[SiH](C)C. The van der Waals surface area contributed by atoms with Gasteiger partial charge in [0, 0.05) is 0 Å². The molecule has 1 unspecified atom stereocenters. The van der Waals surface area contributed by atoms with Crippen LogP contribution in [-0.2, 0) is 38.2 Å². The molecule has 0 amide bonds. The molecule has 1 atom stereocenters. The van der Waals surface area contributed by atoms with Gasteiger partial charge in [-0.2, -0.15) is 0 Å². The summed E-state index contributed by atoms with van der Waals surface area (Å²) in [5.41, 5.74) is 17.1. The standard InChI is InChI=1S/C22H19.C21H25.C2H7Si.Zr/c1-2-7-16-14-18-10-6-13-21(22(18)15-16)20-12-5-9-17-8-3-4-11-19(17)20;1-20(2,3)16-9-7-14-11-15-8-10-17(21(4,5)6)13-19(15)18(14)12-16;1-3-2;/h3-6,8-15H,2,7H2,1H3;7,9-10,12-13H,11H2,1-6H3;3H,1-2H3;. The van der Waals surface area contributed by atoms with E-state index in [2.05, 4.69) is 159 Å². The van der Waals surface area contributed by atoms with Crippen molar-refractivity contribution in [1.29, 1.82) is 0 Å². The fourth-order valence-corrected chi connectivity index (χ4v) is 28.9. The Morgan fingerprint density at radius 1 is 0.702 bits per heavy atom. The maximum absolute atomic E-state index is 2.74. The minimum absolute atomic E-state index is 0.109. The van der Waals surface area contributed by atoms with Crippen molar-refractivity contribution in [3.05, 3.63) is 130 Å². The van der Waals surface area contributed by atoms with Gasteiger partial charge in [0.25, 0.3) is 0 Å². The van der Waals surface area contributed by atoms with E-state index in [1.807, 2.05) is 3.27 Å². The molecule has 2 aliphatic carbocycles. The van der Waals surface area contributed by atoms with Crippen molar-refractivity contribution in [2.75, 3.05) is 0 Å². The first-order valence-electron chi connectivity index (χ1n) is 17.9. The first-order valence-corrected chi connectivity index (χ1v) is 27.7. The second-order valence-electron chi connectivity index (χ2n) is 16.4. The molecule has 0 radical (unpaired) electrons. The summed E-state index contributed by atoms with van der Waals surface area (Å²) in [7, 11) is 0. The molecule has 0 heterocycles. The number of rotatable bonds is 6. The van der Waals surface area contributed by atoms with Crippen LogP contribution in [0.3, 0.4) is 0 Å². The molecule has 0 nitrogen and oxygen atoms in total. The molecule has 0 spiro atoms. The van der Waals surface area contributed by atoms with Gasteiger partial charge < -0.3 is 0 Å². The van der Waals surface area contributed by atoms with Crippen LogP contribution in [0.5, 0.6) is 0 Å². The van der Waals surface area contributed by atoms with E-state index in [1.165, 1.54) is 62.6 Å². The van der Waals surface area contributed by atoms with Gasteiger partial charge in [0.05, 0.1) is 0 Å². The van der Waals surface area contributed by atoms with Gasteiger partial charge in [0.1, 0.15) is 0 Å². The third-order valence-corrected chi connectivity index (χ3v) is 30.8. The molecule has 0 N–H and O–H groups in total. The van der Waals surface area contributed by atoms with E-state index in [4.69, 9.17) is 0 Å². The average Bonchev–Trinajstić information content (AvgIpc) is 3.58. The fourth-order valence-electron chi connectivity index (χ4n) is 8.26. The van der Waals surface area contributed by atoms with Crippen molar-refractivity contribution < 1.29 is 20.9 Å². The van der Waals surface area contributed by atoms with E-state index in [1.54, 1.807) is 22.3 Å². The third kappa shape index (κ3) is 5.82. The number of benzene rings is 5. The van der Waals surface area contributed by atoms with Crippen LogP contribution >= 0.6 is 0 Å². The molecule has 0 aromatic heterocycles. The average molecular weight is 711 g/mol. The van der Waals surface area contributed by atoms with E-state index >= 15 is 0 Å². The monoisotopic (exact) mass is 709 g/mol. The molecule has 0 saturated heterocycles. The van der Waals surface area contributed by atoms with Gasteiger partial charge in [-0.1, -0.05) is 0 Å². The van der Waals surface area contributed by atoms with Crippen LogP contribution in [0.2, 0.25) is 13.1 Å². The van der Waals surface area contributed by atoms with Crippen molar-refractivity contribution in [3.8, 4) is 22.3 Å². The summed E-state index contributed by atoms with van der Waals surface area (Å²) < 4.78 is 2.46. The Kier molecular flexibility index (Phi) is 8.54. The Bertz CT molecular complexity index is 2030. The van der Waals surface area contributed by atoms with Crippen LogP contribution in [0.4, 0.5) is 0 Å². The fraction of sp³-hybridized carbons (Fsp3) is 0.333. The molecule has 2 aliphatic rings. The Balaban J connectivity index is 1.44. The zero-order valence-electron chi connectivity index (χ0n) is 30.0. The van der Waals surface area contributed by atoms with Crippen LogP contribution in [0, 0.1) is 0 Å². The molecule has 47 heavy (non-hydrogen) atoms. The van der Waals surface area contributed by atoms with Gasteiger partial charge in [0.15, 0.2) is 0 Å². The summed E-state index contributed by atoms with van der Waals surface area (Å²) in [4.78, 5) is 0. The van der Waals surface area contributed by atoms with Gasteiger partial charge >= 0.3 is 294 Å². The van der Waals surface area contributed by atoms with Gasteiger partial charge in [-0.25, -0.2) is 0 Å². The van der Waals surface area contributed by atoms with Gasteiger partial charge in [-0.3, -0.25) is 0 Å². The van der Waals surface area contributed by atoms with Gasteiger partial charge in [-0.15, -0.1) is 0 Å². The van der Waals surface area contributed by atoms with Crippen molar-refractivity contribution >= 4 is 26.0 Å². The van der Waals surface area contributed by atoms with Gasteiger partial charge in [0.2, 0.25) is 0 Å². The molecule has 2 heteroatoms. The van der Waals surface area contributed by atoms with Gasteiger partial charge in [-0.05, 0) is 0 Å². The molecule has 7 rings (SSSR count). The third-order valence-electron chi connectivity index (χ3n) is 10.8. The normalized spacial score (nSPS) is 15.5.